The van der Waals surface area contributed by atoms with Gasteiger partial charge in [-0.1, -0.05) is 246 Å². The number of phosphoric ester groups is 2. The largest absolute Gasteiger partial charge is 0.472 e. The van der Waals surface area contributed by atoms with Gasteiger partial charge in [0.2, 0.25) is 0 Å². The van der Waals surface area contributed by atoms with Crippen LogP contribution in [0, 0.1) is 11.8 Å². The summed E-state index contributed by atoms with van der Waals surface area (Å²) in [6, 6.07) is 0. The van der Waals surface area contributed by atoms with Crippen molar-refractivity contribution in [3.05, 3.63) is 24.3 Å². The van der Waals surface area contributed by atoms with E-state index in [1.165, 1.54) is 96.3 Å². The average Bonchev–Trinajstić information content (AvgIpc) is 3.59. The highest BCUT2D eigenvalue weighted by Gasteiger charge is 2.30. The van der Waals surface area contributed by atoms with Gasteiger partial charge in [-0.15, -0.1) is 0 Å². The minimum absolute atomic E-state index is 0.0838. The van der Waals surface area contributed by atoms with E-state index < -0.39 is 97.5 Å². The van der Waals surface area contributed by atoms with Crippen molar-refractivity contribution in [2.75, 3.05) is 39.6 Å². The number of esters is 4. The van der Waals surface area contributed by atoms with Gasteiger partial charge in [0.1, 0.15) is 19.3 Å². The van der Waals surface area contributed by atoms with Gasteiger partial charge in [-0.05, 0) is 63.2 Å². The predicted octanol–water partition coefficient (Wildman–Crippen LogP) is 17.6. The molecular weight excluding hydrogens is 1110 g/mol. The molecule has 0 aromatic carbocycles. The fraction of sp³-hybridized carbons (Fsp3) is 0.877. The normalized spacial score (nSPS) is 14.5. The quantitative estimate of drug-likeness (QED) is 0.0169. The van der Waals surface area contributed by atoms with Crippen LogP contribution in [0.1, 0.15) is 298 Å². The molecule has 0 aromatic heterocycles. The van der Waals surface area contributed by atoms with Gasteiger partial charge in [-0.3, -0.25) is 37.3 Å². The summed E-state index contributed by atoms with van der Waals surface area (Å²) in [5.74, 6) is -0.771. The van der Waals surface area contributed by atoms with Crippen LogP contribution in [0.25, 0.3) is 0 Å². The van der Waals surface area contributed by atoms with Gasteiger partial charge in [0.05, 0.1) is 26.4 Å². The maximum absolute atomic E-state index is 13.0. The first kappa shape index (κ1) is 81.5. The Bertz CT molecular complexity index is 1740. The molecule has 494 valence electrons. The molecule has 0 bridgehead atoms. The van der Waals surface area contributed by atoms with Crippen LogP contribution >= 0.6 is 15.6 Å². The third kappa shape index (κ3) is 58.6. The molecule has 0 radical (unpaired) electrons. The smallest absolute Gasteiger partial charge is 0.462 e. The van der Waals surface area contributed by atoms with Crippen LogP contribution in [0.15, 0.2) is 24.3 Å². The Hall–Kier alpha value is -2.46. The van der Waals surface area contributed by atoms with Gasteiger partial charge in [0.15, 0.2) is 12.2 Å². The lowest BCUT2D eigenvalue weighted by Crippen LogP contribution is -2.30. The summed E-state index contributed by atoms with van der Waals surface area (Å²) in [4.78, 5) is 72.2. The van der Waals surface area contributed by atoms with E-state index in [-0.39, 0.29) is 25.7 Å². The summed E-state index contributed by atoms with van der Waals surface area (Å²) in [5.41, 5.74) is 0. The van der Waals surface area contributed by atoms with Crippen molar-refractivity contribution < 1.29 is 80.2 Å². The van der Waals surface area contributed by atoms with Gasteiger partial charge < -0.3 is 33.8 Å². The van der Waals surface area contributed by atoms with Gasteiger partial charge >= 0.3 is 39.5 Å². The third-order valence-corrected chi connectivity index (χ3v) is 16.2. The van der Waals surface area contributed by atoms with Crippen LogP contribution < -0.4 is 0 Å². The molecule has 0 aliphatic rings. The number of unbranched alkanes of at least 4 members (excludes halogenated alkanes) is 29. The highest BCUT2D eigenvalue weighted by atomic mass is 31.2. The van der Waals surface area contributed by atoms with Gasteiger partial charge in [-0.25, -0.2) is 9.13 Å². The molecule has 0 spiro atoms. The molecule has 0 saturated carbocycles. The van der Waals surface area contributed by atoms with Crippen LogP contribution in [0.2, 0.25) is 0 Å². The lowest BCUT2D eigenvalue weighted by Gasteiger charge is -2.21. The second-order valence-corrected chi connectivity index (χ2v) is 26.7. The molecule has 0 rings (SSSR count). The monoisotopic (exact) mass is 1240 g/mol. The maximum Gasteiger partial charge on any atom is 0.472 e. The van der Waals surface area contributed by atoms with Gasteiger partial charge in [0.25, 0.3) is 0 Å². The highest BCUT2D eigenvalue weighted by molar-refractivity contribution is 7.47. The summed E-state index contributed by atoms with van der Waals surface area (Å²) in [7, 11) is -9.90. The fourth-order valence-corrected chi connectivity index (χ4v) is 10.7. The van der Waals surface area contributed by atoms with Crippen molar-refractivity contribution in [3.8, 4) is 0 Å². The van der Waals surface area contributed by atoms with Crippen LogP contribution in [-0.4, -0.2) is 96.7 Å². The Balaban J connectivity index is 5.27. The lowest BCUT2D eigenvalue weighted by atomic mass is 10.0. The Labute approximate surface area is 510 Å². The third-order valence-electron chi connectivity index (χ3n) is 14.3. The summed E-state index contributed by atoms with van der Waals surface area (Å²) >= 11 is 0. The van der Waals surface area contributed by atoms with Gasteiger partial charge in [0, 0.05) is 25.7 Å². The Kier molecular flexibility index (Phi) is 55.3. The molecule has 84 heavy (non-hydrogen) atoms. The number of phosphoric acid groups is 2. The Morgan fingerprint density at radius 1 is 0.369 bits per heavy atom. The second kappa shape index (κ2) is 57.0. The number of aliphatic hydroxyl groups is 1. The van der Waals surface area contributed by atoms with Crippen molar-refractivity contribution in [1.29, 1.82) is 0 Å². The molecule has 19 heteroatoms. The average molecular weight is 1240 g/mol. The zero-order valence-corrected chi connectivity index (χ0v) is 55.5. The summed E-state index contributed by atoms with van der Waals surface area (Å²) in [6.07, 6.45) is 42.7. The molecule has 0 aliphatic heterocycles. The molecule has 0 saturated heterocycles. The molecule has 3 N–H and O–H groups in total. The van der Waals surface area contributed by atoms with E-state index in [0.29, 0.717) is 37.5 Å². The van der Waals surface area contributed by atoms with Crippen LogP contribution in [0.4, 0.5) is 0 Å². The molecule has 0 amide bonds. The van der Waals surface area contributed by atoms with Crippen LogP contribution in [0.5, 0.6) is 0 Å². The van der Waals surface area contributed by atoms with E-state index >= 15 is 0 Å². The molecule has 0 fully saturated rings. The Morgan fingerprint density at radius 2 is 0.643 bits per heavy atom. The molecular formula is C65H122O17P2. The molecule has 0 aliphatic carbocycles. The van der Waals surface area contributed by atoms with E-state index in [9.17, 15) is 43.2 Å². The van der Waals surface area contributed by atoms with Crippen molar-refractivity contribution in [2.45, 2.75) is 317 Å². The standard InChI is InChI=1S/C65H122O17P2/c1-7-9-11-13-15-17-18-19-20-21-22-24-30-37-43-49-64(69)81-60(54-76-63(68)48-42-36-31-25-27-33-39-45-57(3)4)55-79-83(71,72)77-51-59(66)52-78-84(73,74)80-56-61(53-75-62(67)47-41-35-29-23-16-14-12-10-8-2)82-65(70)50-44-38-32-26-28-34-40-46-58(5)6/h17-20,57-61,66H,7-16,21-56H2,1-6H3,(H,71,72)(H,73,74)/b18-17-,20-19-/t59-,60-,61-/m1/s1. The number of carbonyl (C=O) groups excluding carboxylic acids is 4. The number of rotatable bonds is 62. The minimum atomic E-state index is -4.95. The zero-order chi connectivity index (χ0) is 62.2. The fourth-order valence-electron chi connectivity index (χ4n) is 9.17. The minimum Gasteiger partial charge on any atom is -0.462 e. The highest BCUT2D eigenvalue weighted by Crippen LogP contribution is 2.45. The summed E-state index contributed by atoms with van der Waals surface area (Å²) in [6.45, 7) is 9.29. The molecule has 0 heterocycles. The van der Waals surface area contributed by atoms with Crippen LogP contribution in [0.3, 0.4) is 0 Å². The summed E-state index contributed by atoms with van der Waals surface area (Å²) in [5, 5.41) is 10.5. The number of hydrogen-bond donors (Lipinski definition) is 3. The van der Waals surface area contributed by atoms with Crippen molar-refractivity contribution in [3.63, 3.8) is 0 Å². The SMILES string of the molecule is CCCCCC/C=C\C=C/CCCCCCCC(=O)O[C@H](COC(=O)CCCCCCCCCC(C)C)COP(=O)(O)OC[C@@H](O)COP(=O)(O)OC[C@@H](COC(=O)CCCCCCCCCCC)OC(=O)CCCCCCCCCC(C)C. The number of aliphatic hydroxyl groups excluding tert-OH is 1. The second-order valence-electron chi connectivity index (χ2n) is 23.8. The van der Waals surface area contributed by atoms with Crippen molar-refractivity contribution in [1.82, 2.24) is 0 Å². The molecule has 2 unspecified atom stereocenters. The van der Waals surface area contributed by atoms with Crippen molar-refractivity contribution >= 4 is 39.5 Å². The molecule has 17 nitrogen and oxygen atoms in total. The van der Waals surface area contributed by atoms with Gasteiger partial charge in [-0.2, -0.15) is 0 Å². The van der Waals surface area contributed by atoms with E-state index in [2.05, 4.69) is 65.8 Å². The predicted molar refractivity (Wildman–Crippen MR) is 335 cm³/mol. The topological polar surface area (TPSA) is 237 Å². The molecule has 0 aromatic rings. The number of allylic oxidation sites excluding steroid dienone is 4. The van der Waals surface area contributed by atoms with Crippen molar-refractivity contribution in [2.24, 2.45) is 11.8 Å². The number of ether oxygens (including phenoxy) is 4. The maximum atomic E-state index is 13.0. The summed E-state index contributed by atoms with van der Waals surface area (Å²) < 4.78 is 67.9. The Morgan fingerprint density at radius 3 is 0.976 bits per heavy atom. The van der Waals surface area contributed by atoms with Crippen LogP contribution in [-0.2, 0) is 65.4 Å². The lowest BCUT2D eigenvalue weighted by molar-refractivity contribution is -0.161. The number of carbonyl (C=O) groups is 4. The van der Waals surface area contributed by atoms with E-state index in [0.717, 1.165) is 109 Å². The first-order chi connectivity index (χ1) is 40.4. The first-order valence-electron chi connectivity index (χ1n) is 33.3. The zero-order valence-electron chi connectivity index (χ0n) is 53.7. The molecule has 5 atom stereocenters. The van der Waals surface area contributed by atoms with E-state index in [1.807, 2.05) is 0 Å². The number of hydrogen-bond acceptors (Lipinski definition) is 15. The van der Waals surface area contributed by atoms with E-state index in [1.54, 1.807) is 0 Å². The first-order valence-corrected chi connectivity index (χ1v) is 36.3. The van der Waals surface area contributed by atoms with E-state index in [4.69, 9.17) is 37.0 Å².